The maximum absolute atomic E-state index is 13.6. The van der Waals surface area contributed by atoms with Crippen LogP contribution < -0.4 is 10.2 Å². The summed E-state index contributed by atoms with van der Waals surface area (Å²) >= 11 is 6.14. The molecule has 0 radical (unpaired) electrons. The maximum atomic E-state index is 13.6. The molecule has 1 aliphatic carbocycles. The summed E-state index contributed by atoms with van der Waals surface area (Å²) in [4.78, 5) is 44.3. The number of nitrogens with zero attached hydrogens (tertiary/aromatic N) is 4. The zero-order chi connectivity index (χ0) is 27.3. The Labute approximate surface area is 219 Å². The molecule has 2 aromatic rings. The quantitative estimate of drug-likeness (QED) is 0.618. The molecular formula is C24H28ClN5O6S. The summed E-state index contributed by atoms with van der Waals surface area (Å²) in [5.74, 6) is -0.369. The highest BCUT2D eigenvalue weighted by molar-refractivity contribution is 7.91. The highest BCUT2D eigenvalue weighted by atomic mass is 35.5. The number of hydrogen-bond acceptors (Lipinski definition) is 7. The fourth-order valence-corrected chi connectivity index (χ4v) is 6.13. The first-order valence-corrected chi connectivity index (χ1v) is 13.3. The number of imide groups is 1. The summed E-state index contributed by atoms with van der Waals surface area (Å²) in [5, 5.41) is 3.46. The van der Waals surface area contributed by atoms with E-state index in [1.165, 1.54) is 18.1 Å². The Hall–Kier alpha value is -3.38. The molecule has 0 bridgehead atoms. The van der Waals surface area contributed by atoms with Crippen molar-refractivity contribution in [3.8, 4) is 0 Å². The number of aromatic nitrogens is 2. The van der Waals surface area contributed by atoms with E-state index in [1.54, 1.807) is 64.1 Å². The largest absolute Gasteiger partial charge is 0.443 e. The summed E-state index contributed by atoms with van der Waals surface area (Å²) in [6, 6.07) is 3.07. The number of halogens is 1. The first-order chi connectivity index (χ1) is 17.1. The summed E-state index contributed by atoms with van der Waals surface area (Å²) in [7, 11) is -2.52. The number of rotatable bonds is 4. The molecule has 3 heterocycles. The average molecular weight is 550 g/mol. The molecule has 0 spiro atoms. The van der Waals surface area contributed by atoms with Crippen molar-refractivity contribution in [1.29, 1.82) is 0 Å². The van der Waals surface area contributed by atoms with Crippen molar-refractivity contribution < 1.29 is 27.5 Å². The fraction of sp³-hybridized carbons (Fsp3) is 0.417. The number of allylic oxidation sites excluding steroid dienone is 3. The van der Waals surface area contributed by atoms with E-state index in [1.807, 2.05) is 0 Å². The molecule has 13 heteroatoms. The Morgan fingerprint density at radius 1 is 1.27 bits per heavy atom. The minimum absolute atomic E-state index is 0.112. The van der Waals surface area contributed by atoms with E-state index >= 15 is 0 Å². The third-order valence-corrected chi connectivity index (χ3v) is 8.61. The van der Waals surface area contributed by atoms with E-state index < -0.39 is 44.4 Å². The van der Waals surface area contributed by atoms with Crippen LogP contribution in [-0.4, -0.2) is 70.3 Å². The molecule has 2 atom stereocenters. The Balaban J connectivity index is 1.59. The molecule has 1 fully saturated rings. The van der Waals surface area contributed by atoms with E-state index in [9.17, 15) is 22.8 Å². The number of ether oxygens (including phenoxy) is 1. The Morgan fingerprint density at radius 3 is 2.62 bits per heavy atom. The van der Waals surface area contributed by atoms with Crippen LogP contribution in [0.1, 0.15) is 34.1 Å². The molecule has 2 aromatic heterocycles. The minimum atomic E-state index is -3.97. The van der Waals surface area contributed by atoms with Gasteiger partial charge in [0.1, 0.15) is 22.2 Å². The molecule has 1 saturated heterocycles. The normalized spacial score (nSPS) is 22.1. The van der Waals surface area contributed by atoms with Crippen LogP contribution >= 0.6 is 11.6 Å². The van der Waals surface area contributed by atoms with Gasteiger partial charge >= 0.3 is 12.1 Å². The van der Waals surface area contributed by atoms with Crippen LogP contribution in [0.3, 0.4) is 0 Å². The SMILES string of the molecule is CN(C(=O)[C@@H]1CN(C(=O)OC(C)(C)C)C(=O)N1)c1ccc2ccn(S(=O)(=O)C3(C)C=CC=C(Cl)C3)c2n1. The number of likely N-dealkylation sites (N-methyl/N-ethyl adjacent to an activating group) is 1. The van der Waals surface area contributed by atoms with Gasteiger partial charge < -0.3 is 10.1 Å². The number of amides is 4. The maximum Gasteiger partial charge on any atom is 0.418 e. The van der Waals surface area contributed by atoms with Crippen LogP contribution in [0.2, 0.25) is 0 Å². The molecule has 1 unspecified atom stereocenters. The van der Waals surface area contributed by atoms with Gasteiger partial charge in [-0.1, -0.05) is 23.8 Å². The lowest BCUT2D eigenvalue weighted by molar-refractivity contribution is -0.119. The molecule has 11 nitrogen and oxygen atoms in total. The zero-order valence-corrected chi connectivity index (χ0v) is 22.6. The van der Waals surface area contributed by atoms with Gasteiger partial charge in [-0.15, -0.1) is 0 Å². The summed E-state index contributed by atoms with van der Waals surface area (Å²) in [5.41, 5.74) is -0.667. The number of pyridine rings is 1. The van der Waals surface area contributed by atoms with E-state index in [2.05, 4.69) is 10.3 Å². The first-order valence-electron chi connectivity index (χ1n) is 11.5. The highest BCUT2D eigenvalue weighted by Gasteiger charge is 2.42. The van der Waals surface area contributed by atoms with Crippen LogP contribution in [0.15, 0.2) is 47.7 Å². The molecular weight excluding hydrogens is 522 g/mol. The molecule has 1 aliphatic heterocycles. The number of nitrogens with one attached hydrogen (secondary N) is 1. The van der Waals surface area contributed by atoms with Crippen molar-refractivity contribution >= 4 is 56.5 Å². The van der Waals surface area contributed by atoms with Crippen molar-refractivity contribution in [1.82, 2.24) is 19.2 Å². The van der Waals surface area contributed by atoms with Crippen molar-refractivity contribution in [2.45, 2.75) is 50.5 Å². The van der Waals surface area contributed by atoms with E-state index in [0.29, 0.717) is 10.4 Å². The Kier molecular flexibility index (Phi) is 6.62. The fourth-order valence-electron chi connectivity index (χ4n) is 4.07. The van der Waals surface area contributed by atoms with Gasteiger partial charge in [0.05, 0.1) is 6.54 Å². The Morgan fingerprint density at radius 2 is 1.97 bits per heavy atom. The van der Waals surface area contributed by atoms with Gasteiger partial charge in [-0.2, -0.15) is 0 Å². The van der Waals surface area contributed by atoms with Crippen molar-refractivity contribution in [2.75, 3.05) is 18.5 Å². The highest BCUT2D eigenvalue weighted by Crippen LogP contribution is 2.35. The topological polar surface area (TPSA) is 131 Å². The molecule has 0 aromatic carbocycles. The monoisotopic (exact) mass is 549 g/mol. The molecule has 1 N–H and O–H groups in total. The third kappa shape index (κ3) is 4.95. The number of hydrogen-bond donors (Lipinski definition) is 1. The minimum Gasteiger partial charge on any atom is -0.443 e. The van der Waals surface area contributed by atoms with Crippen LogP contribution in [0.4, 0.5) is 15.4 Å². The molecule has 198 valence electrons. The van der Waals surface area contributed by atoms with Gasteiger partial charge in [0, 0.05) is 30.1 Å². The van der Waals surface area contributed by atoms with E-state index in [4.69, 9.17) is 16.3 Å². The third-order valence-electron chi connectivity index (χ3n) is 6.08. The summed E-state index contributed by atoms with van der Waals surface area (Å²) in [6.07, 6.45) is 5.51. The van der Waals surface area contributed by atoms with Crippen molar-refractivity contribution in [2.24, 2.45) is 0 Å². The van der Waals surface area contributed by atoms with Gasteiger partial charge in [0.25, 0.3) is 5.91 Å². The smallest absolute Gasteiger partial charge is 0.418 e. The first kappa shape index (κ1) is 26.7. The average Bonchev–Trinajstić information content (AvgIpc) is 3.40. The second-order valence-electron chi connectivity index (χ2n) is 10.2. The van der Waals surface area contributed by atoms with Gasteiger partial charge in [0.2, 0.25) is 10.0 Å². The standard InChI is InChI=1S/C24H28ClN5O6S/c1-23(2,3)36-22(33)29-14-17(26-21(29)32)20(31)28(5)18-9-8-15-10-12-30(19(15)27-18)37(34,35)24(4)11-6-7-16(25)13-24/h6-12,17H,13-14H2,1-5H3,(H,26,32)/t17-,24?/m0/s1. The van der Waals surface area contributed by atoms with Crippen LogP contribution in [0.25, 0.3) is 11.0 Å². The summed E-state index contributed by atoms with van der Waals surface area (Å²) in [6.45, 7) is 6.37. The molecule has 2 aliphatic rings. The molecule has 0 saturated carbocycles. The summed E-state index contributed by atoms with van der Waals surface area (Å²) < 4.78 is 32.2. The lowest BCUT2D eigenvalue weighted by Crippen LogP contribution is -2.44. The second-order valence-corrected chi connectivity index (χ2v) is 12.9. The van der Waals surface area contributed by atoms with Crippen molar-refractivity contribution in [3.05, 3.63) is 47.7 Å². The van der Waals surface area contributed by atoms with Crippen LogP contribution in [0, 0.1) is 0 Å². The van der Waals surface area contributed by atoms with Gasteiger partial charge in [-0.05, 0) is 52.0 Å². The molecule has 4 amide bonds. The van der Waals surface area contributed by atoms with E-state index in [0.717, 1.165) is 8.87 Å². The van der Waals surface area contributed by atoms with Gasteiger partial charge in [-0.25, -0.2) is 31.9 Å². The van der Waals surface area contributed by atoms with Gasteiger partial charge in [0.15, 0.2) is 5.65 Å². The predicted octanol–water partition coefficient (Wildman–Crippen LogP) is 3.35. The number of carbonyl (C=O) groups excluding carboxylic acids is 3. The molecule has 37 heavy (non-hydrogen) atoms. The van der Waals surface area contributed by atoms with Gasteiger partial charge in [-0.3, -0.25) is 9.69 Å². The van der Waals surface area contributed by atoms with Crippen LogP contribution in [-0.2, 0) is 19.6 Å². The van der Waals surface area contributed by atoms with Crippen LogP contribution in [0.5, 0.6) is 0 Å². The Bertz CT molecular complexity index is 1460. The lowest BCUT2D eigenvalue weighted by Gasteiger charge is -2.28. The number of anilines is 1. The number of fused-ring (bicyclic) bond motifs is 1. The number of carbonyl (C=O) groups is 3. The molecule has 4 rings (SSSR count). The second kappa shape index (κ2) is 9.18. The van der Waals surface area contributed by atoms with E-state index in [-0.39, 0.29) is 24.4 Å². The number of urea groups is 1. The predicted molar refractivity (Wildman–Crippen MR) is 139 cm³/mol. The van der Waals surface area contributed by atoms with Crippen molar-refractivity contribution in [3.63, 3.8) is 0 Å². The zero-order valence-electron chi connectivity index (χ0n) is 21.1. The lowest BCUT2D eigenvalue weighted by atomic mass is 10.0.